The monoisotopic (exact) mass is 230 g/mol. The van der Waals surface area contributed by atoms with E-state index in [4.69, 9.17) is 11.6 Å². The van der Waals surface area contributed by atoms with Gasteiger partial charge in [-0.25, -0.2) is 4.98 Å². The zero-order chi connectivity index (χ0) is 10.2. The van der Waals surface area contributed by atoms with Crippen LogP contribution in [0.15, 0.2) is 0 Å². The number of carboxylic acids is 1. The van der Waals surface area contributed by atoms with Crippen LogP contribution in [0.25, 0.3) is 0 Å². The average Bonchev–Trinajstić information content (AvgIpc) is 2.29. The van der Waals surface area contributed by atoms with Crippen molar-refractivity contribution >= 4 is 28.9 Å². The highest BCUT2D eigenvalue weighted by molar-refractivity contribution is 7.17. The van der Waals surface area contributed by atoms with Crippen LogP contribution < -0.4 is 5.11 Å². The Morgan fingerprint density at radius 2 is 2.08 bits per heavy atom. The number of carbonyl (C=O) groups is 1. The summed E-state index contributed by atoms with van der Waals surface area (Å²) in [6, 6.07) is 0. The Hall–Kier alpha value is -0.820. The predicted molar refractivity (Wildman–Crippen MR) is 36.5 cm³/mol. The number of halogens is 4. The topological polar surface area (TPSA) is 53.0 Å². The third-order valence-electron chi connectivity index (χ3n) is 1.05. The Morgan fingerprint density at radius 1 is 1.54 bits per heavy atom. The van der Waals surface area contributed by atoms with Crippen molar-refractivity contribution in [2.75, 3.05) is 0 Å². The number of nitrogens with zero attached hydrogens (tertiary/aromatic N) is 1. The quantitative estimate of drug-likeness (QED) is 0.728. The fourth-order valence-electron chi connectivity index (χ4n) is 0.625. The van der Waals surface area contributed by atoms with Gasteiger partial charge in [-0.05, 0) is 0 Å². The molecule has 72 valence electrons. The molecule has 0 atom stereocenters. The van der Waals surface area contributed by atoms with E-state index in [0.717, 1.165) is 0 Å². The third-order valence-corrected chi connectivity index (χ3v) is 2.19. The molecule has 0 aliphatic heterocycles. The minimum atomic E-state index is -4.82. The van der Waals surface area contributed by atoms with Gasteiger partial charge in [0.25, 0.3) is 0 Å². The second-order valence-corrected chi connectivity index (χ2v) is 3.51. The Kier molecular flexibility index (Phi) is 2.49. The number of aromatic carboxylic acids is 1. The molecule has 0 unspecified atom stereocenters. The van der Waals surface area contributed by atoms with E-state index in [0.29, 0.717) is 0 Å². The van der Waals surface area contributed by atoms with Crippen molar-refractivity contribution in [3.8, 4) is 0 Å². The van der Waals surface area contributed by atoms with Gasteiger partial charge >= 0.3 is 6.18 Å². The normalized spacial score (nSPS) is 11.7. The maximum Gasteiger partial charge on any atom is 0.434 e. The first-order valence-corrected chi connectivity index (χ1v) is 3.96. The average molecular weight is 231 g/mol. The maximum atomic E-state index is 12.0. The van der Waals surface area contributed by atoms with Crippen LogP contribution >= 0.6 is 22.9 Å². The van der Waals surface area contributed by atoms with Crippen molar-refractivity contribution in [2.45, 2.75) is 6.18 Å². The summed E-state index contributed by atoms with van der Waals surface area (Å²) in [5.74, 6) is -1.93. The Balaban J connectivity index is 3.28. The van der Waals surface area contributed by atoms with Gasteiger partial charge in [-0.3, -0.25) is 0 Å². The molecule has 0 N–H and O–H groups in total. The van der Waals surface area contributed by atoms with E-state index in [9.17, 15) is 23.1 Å². The van der Waals surface area contributed by atoms with Gasteiger partial charge in [0.2, 0.25) is 0 Å². The second kappa shape index (κ2) is 3.15. The molecule has 1 heterocycles. The molecule has 8 heteroatoms. The van der Waals surface area contributed by atoms with Crippen LogP contribution in [0.5, 0.6) is 0 Å². The van der Waals surface area contributed by atoms with Gasteiger partial charge in [-0.15, -0.1) is 11.3 Å². The SMILES string of the molecule is O=C([O-])c1sc(Cl)nc1C(F)(F)F. The van der Waals surface area contributed by atoms with Crippen LogP contribution in [0.3, 0.4) is 0 Å². The lowest BCUT2D eigenvalue weighted by Gasteiger charge is -2.05. The molecule has 0 aliphatic carbocycles. The third kappa shape index (κ3) is 2.10. The van der Waals surface area contributed by atoms with E-state index in [1.807, 2.05) is 0 Å². The van der Waals surface area contributed by atoms with E-state index in [-0.39, 0.29) is 11.3 Å². The first-order valence-electron chi connectivity index (χ1n) is 2.77. The van der Waals surface area contributed by atoms with E-state index < -0.39 is 27.2 Å². The van der Waals surface area contributed by atoms with Crippen molar-refractivity contribution in [3.63, 3.8) is 0 Å². The fraction of sp³-hybridized carbons (Fsp3) is 0.200. The summed E-state index contributed by atoms with van der Waals surface area (Å²) in [6.07, 6.45) is -4.82. The standard InChI is InChI=1S/C5HClF3NO2S/c6-4-10-2(5(7,8)9)1(13-4)3(11)12/h(H,11,12)/p-1. The molecule has 1 rings (SSSR count). The summed E-state index contributed by atoms with van der Waals surface area (Å²) >= 11 is 5.35. The number of hydrogen-bond acceptors (Lipinski definition) is 4. The number of aromatic nitrogens is 1. The lowest BCUT2D eigenvalue weighted by molar-refractivity contribution is -0.255. The summed E-state index contributed by atoms with van der Waals surface area (Å²) in [5, 5.41) is 10.2. The molecule has 0 fully saturated rings. The number of hydrogen-bond donors (Lipinski definition) is 0. The predicted octanol–water partition coefficient (Wildman–Crippen LogP) is 1.18. The molecule has 0 bridgehead atoms. The Bertz CT molecular complexity index is 348. The largest absolute Gasteiger partial charge is 0.544 e. The minimum absolute atomic E-state index is 0.222. The van der Waals surface area contributed by atoms with Gasteiger partial charge < -0.3 is 9.90 Å². The molecule has 0 aromatic carbocycles. The molecule has 0 aliphatic rings. The number of carboxylic acid groups (broad SMARTS) is 1. The number of alkyl halides is 3. The molecule has 0 saturated carbocycles. The second-order valence-electron chi connectivity index (χ2n) is 1.93. The summed E-state index contributed by atoms with van der Waals surface area (Å²) in [4.78, 5) is 12.0. The molecule has 1 aromatic rings. The van der Waals surface area contributed by atoms with Gasteiger partial charge in [0, 0.05) is 0 Å². The highest BCUT2D eigenvalue weighted by Gasteiger charge is 2.37. The van der Waals surface area contributed by atoms with Crippen molar-refractivity contribution in [3.05, 3.63) is 15.0 Å². The molecular weight excluding hydrogens is 231 g/mol. The summed E-state index contributed by atoms with van der Waals surface area (Å²) in [6.45, 7) is 0. The highest BCUT2D eigenvalue weighted by Crippen LogP contribution is 2.35. The molecule has 0 radical (unpaired) electrons. The minimum Gasteiger partial charge on any atom is -0.544 e. The number of rotatable bonds is 1. The number of carbonyl (C=O) groups excluding carboxylic acids is 1. The van der Waals surface area contributed by atoms with Crippen LogP contribution in [0.1, 0.15) is 15.4 Å². The molecular formula is C5ClF3NO2S-. The molecule has 13 heavy (non-hydrogen) atoms. The fourth-order valence-corrected chi connectivity index (χ4v) is 1.59. The smallest absolute Gasteiger partial charge is 0.434 e. The first kappa shape index (κ1) is 10.3. The van der Waals surface area contributed by atoms with Crippen molar-refractivity contribution < 1.29 is 23.1 Å². The van der Waals surface area contributed by atoms with E-state index in [1.165, 1.54) is 0 Å². The number of thiazole rings is 1. The Morgan fingerprint density at radius 3 is 2.38 bits per heavy atom. The first-order chi connectivity index (χ1) is 5.82. The summed E-state index contributed by atoms with van der Waals surface area (Å²) in [7, 11) is 0. The van der Waals surface area contributed by atoms with Gasteiger partial charge in [-0.2, -0.15) is 13.2 Å². The lowest BCUT2D eigenvalue weighted by Crippen LogP contribution is -2.24. The van der Waals surface area contributed by atoms with Crippen LogP contribution in [-0.2, 0) is 6.18 Å². The molecule has 0 saturated heterocycles. The zero-order valence-electron chi connectivity index (χ0n) is 5.68. The van der Waals surface area contributed by atoms with Crippen LogP contribution in [0.2, 0.25) is 4.47 Å². The van der Waals surface area contributed by atoms with Gasteiger partial charge in [0.15, 0.2) is 10.2 Å². The van der Waals surface area contributed by atoms with Gasteiger partial charge in [-0.1, -0.05) is 11.6 Å². The maximum absolute atomic E-state index is 12.0. The van der Waals surface area contributed by atoms with E-state index >= 15 is 0 Å². The van der Waals surface area contributed by atoms with E-state index in [1.54, 1.807) is 0 Å². The van der Waals surface area contributed by atoms with Crippen LogP contribution in [0.4, 0.5) is 13.2 Å². The highest BCUT2D eigenvalue weighted by atomic mass is 35.5. The zero-order valence-corrected chi connectivity index (χ0v) is 7.26. The van der Waals surface area contributed by atoms with Crippen LogP contribution in [-0.4, -0.2) is 11.0 Å². The van der Waals surface area contributed by atoms with Gasteiger partial charge in [0.05, 0.1) is 10.8 Å². The van der Waals surface area contributed by atoms with Crippen molar-refractivity contribution in [1.29, 1.82) is 0 Å². The Labute approximate surface area is 78.8 Å². The van der Waals surface area contributed by atoms with Gasteiger partial charge in [0.1, 0.15) is 0 Å². The lowest BCUT2D eigenvalue weighted by atomic mass is 10.3. The van der Waals surface area contributed by atoms with Crippen molar-refractivity contribution in [2.24, 2.45) is 0 Å². The van der Waals surface area contributed by atoms with Crippen LogP contribution in [0, 0.1) is 0 Å². The molecule has 0 amide bonds. The molecule has 0 spiro atoms. The summed E-state index contributed by atoms with van der Waals surface area (Å²) in [5.41, 5.74) is -1.51. The molecule has 3 nitrogen and oxygen atoms in total. The summed E-state index contributed by atoms with van der Waals surface area (Å²) < 4.78 is 35.6. The van der Waals surface area contributed by atoms with Crippen molar-refractivity contribution in [1.82, 2.24) is 4.98 Å². The van der Waals surface area contributed by atoms with E-state index in [2.05, 4.69) is 4.98 Å². The molecule has 1 aromatic heterocycles.